The first-order valence-electron chi connectivity index (χ1n) is 3.99. The smallest absolute Gasteiger partial charge is 0.103 e. The quantitative estimate of drug-likeness (QED) is 0.689. The maximum atomic E-state index is 4.12. The highest BCUT2D eigenvalue weighted by atomic mass is 15.0. The summed E-state index contributed by atoms with van der Waals surface area (Å²) >= 11 is 0. The minimum absolute atomic E-state index is 0.376. The van der Waals surface area contributed by atoms with Crippen LogP contribution in [0.1, 0.15) is 31.4 Å². The number of hydrogen-bond acceptors (Lipinski definition) is 2. The number of aromatic amines is 1. The lowest BCUT2D eigenvalue weighted by Crippen LogP contribution is -2.17. The van der Waals surface area contributed by atoms with E-state index in [-0.39, 0.29) is 0 Å². The zero-order valence-corrected chi connectivity index (χ0v) is 7.31. The number of nitrogens with one attached hydrogen (secondary N) is 2. The van der Waals surface area contributed by atoms with Crippen LogP contribution in [0.3, 0.4) is 0 Å². The van der Waals surface area contributed by atoms with Gasteiger partial charge in [-0.15, -0.1) is 0 Å². The molecule has 1 rings (SSSR count). The standard InChI is InChI=1S/C8H15N3/c1-4-9-6(2)8-5-10-7(3)11-8/h5-6,9H,4H2,1-3H3,(H,10,11). The zero-order chi connectivity index (χ0) is 8.27. The van der Waals surface area contributed by atoms with Crippen molar-refractivity contribution in [1.29, 1.82) is 0 Å². The molecule has 0 aliphatic rings. The number of imidazole rings is 1. The van der Waals surface area contributed by atoms with E-state index in [1.165, 1.54) is 0 Å². The Hall–Kier alpha value is -0.830. The average Bonchev–Trinajstić information content (AvgIpc) is 2.36. The topological polar surface area (TPSA) is 40.7 Å². The van der Waals surface area contributed by atoms with Crippen molar-refractivity contribution in [2.75, 3.05) is 6.54 Å². The molecule has 0 amide bonds. The molecule has 0 saturated carbocycles. The molecule has 0 spiro atoms. The van der Waals surface area contributed by atoms with Gasteiger partial charge in [-0.3, -0.25) is 0 Å². The van der Waals surface area contributed by atoms with Crippen LogP contribution in [0.2, 0.25) is 0 Å². The van der Waals surface area contributed by atoms with Crippen molar-refractivity contribution < 1.29 is 0 Å². The maximum absolute atomic E-state index is 4.12. The van der Waals surface area contributed by atoms with E-state index in [0.717, 1.165) is 18.1 Å². The van der Waals surface area contributed by atoms with E-state index in [1.807, 2.05) is 13.1 Å². The Balaban J connectivity index is 2.60. The first-order valence-corrected chi connectivity index (χ1v) is 3.99. The number of rotatable bonds is 3. The van der Waals surface area contributed by atoms with Crippen molar-refractivity contribution in [3.8, 4) is 0 Å². The second kappa shape index (κ2) is 3.53. The van der Waals surface area contributed by atoms with Crippen LogP contribution in [0.4, 0.5) is 0 Å². The van der Waals surface area contributed by atoms with Crippen molar-refractivity contribution >= 4 is 0 Å². The molecule has 11 heavy (non-hydrogen) atoms. The summed E-state index contributed by atoms with van der Waals surface area (Å²) in [5.74, 6) is 0.977. The van der Waals surface area contributed by atoms with Gasteiger partial charge < -0.3 is 10.3 Å². The van der Waals surface area contributed by atoms with Crippen LogP contribution in [0.15, 0.2) is 6.20 Å². The summed E-state index contributed by atoms with van der Waals surface area (Å²) in [6.07, 6.45) is 1.88. The van der Waals surface area contributed by atoms with Crippen molar-refractivity contribution in [3.63, 3.8) is 0 Å². The third-order valence-electron chi connectivity index (χ3n) is 1.70. The molecule has 62 valence electrons. The Bertz CT molecular complexity index is 217. The number of nitrogens with zero attached hydrogens (tertiary/aromatic N) is 1. The fourth-order valence-corrected chi connectivity index (χ4v) is 1.08. The lowest BCUT2D eigenvalue weighted by atomic mass is 10.2. The lowest BCUT2D eigenvalue weighted by molar-refractivity contribution is 0.585. The van der Waals surface area contributed by atoms with E-state index < -0.39 is 0 Å². The van der Waals surface area contributed by atoms with Gasteiger partial charge in [0.05, 0.1) is 5.69 Å². The van der Waals surface area contributed by atoms with Crippen molar-refractivity contribution in [2.45, 2.75) is 26.8 Å². The molecular formula is C8H15N3. The van der Waals surface area contributed by atoms with Gasteiger partial charge in [-0.2, -0.15) is 0 Å². The number of aryl methyl sites for hydroxylation is 1. The van der Waals surface area contributed by atoms with Gasteiger partial charge in [-0.1, -0.05) is 6.92 Å². The SMILES string of the molecule is CCNC(C)c1cnc(C)[nH]1. The summed E-state index contributed by atoms with van der Waals surface area (Å²) in [5.41, 5.74) is 1.16. The van der Waals surface area contributed by atoms with E-state index in [2.05, 4.69) is 29.1 Å². The highest BCUT2D eigenvalue weighted by Gasteiger charge is 2.04. The maximum Gasteiger partial charge on any atom is 0.103 e. The molecule has 3 nitrogen and oxygen atoms in total. The van der Waals surface area contributed by atoms with E-state index in [1.54, 1.807) is 0 Å². The molecule has 2 N–H and O–H groups in total. The second-order valence-corrected chi connectivity index (χ2v) is 2.70. The molecule has 3 heteroatoms. The Kier molecular flexibility index (Phi) is 2.65. The van der Waals surface area contributed by atoms with Gasteiger partial charge in [0.15, 0.2) is 0 Å². The lowest BCUT2D eigenvalue weighted by Gasteiger charge is -2.08. The Morgan fingerprint density at radius 1 is 1.73 bits per heavy atom. The monoisotopic (exact) mass is 153 g/mol. The van der Waals surface area contributed by atoms with E-state index in [9.17, 15) is 0 Å². The Morgan fingerprint density at radius 2 is 2.45 bits per heavy atom. The van der Waals surface area contributed by atoms with Crippen LogP contribution in [0.25, 0.3) is 0 Å². The molecule has 0 aliphatic heterocycles. The third kappa shape index (κ3) is 2.05. The molecule has 0 saturated heterocycles. The fraction of sp³-hybridized carbons (Fsp3) is 0.625. The predicted molar refractivity (Wildman–Crippen MR) is 45.4 cm³/mol. The first-order chi connectivity index (χ1) is 5.24. The summed E-state index contributed by atoms with van der Waals surface area (Å²) in [6.45, 7) is 7.16. The Morgan fingerprint density at radius 3 is 2.91 bits per heavy atom. The number of aromatic nitrogens is 2. The molecular weight excluding hydrogens is 138 g/mol. The van der Waals surface area contributed by atoms with Gasteiger partial charge in [0.1, 0.15) is 5.82 Å². The molecule has 1 atom stereocenters. The van der Waals surface area contributed by atoms with Gasteiger partial charge in [0.25, 0.3) is 0 Å². The summed E-state index contributed by atoms with van der Waals surface area (Å²) in [6, 6.07) is 0.376. The van der Waals surface area contributed by atoms with Crippen LogP contribution in [-0.2, 0) is 0 Å². The zero-order valence-electron chi connectivity index (χ0n) is 7.31. The largest absolute Gasteiger partial charge is 0.345 e. The van der Waals surface area contributed by atoms with Crippen molar-refractivity contribution in [3.05, 3.63) is 17.7 Å². The number of hydrogen-bond donors (Lipinski definition) is 2. The highest BCUT2D eigenvalue weighted by Crippen LogP contribution is 2.07. The molecule has 1 aromatic rings. The van der Waals surface area contributed by atoms with Crippen molar-refractivity contribution in [2.24, 2.45) is 0 Å². The van der Waals surface area contributed by atoms with Crippen LogP contribution in [0, 0.1) is 6.92 Å². The highest BCUT2D eigenvalue weighted by molar-refractivity contribution is 5.04. The van der Waals surface area contributed by atoms with Crippen LogP contribution in [0.5, 0.6) is 0 Å². The van der Waals surface area contributed by atoms with Gasteiger partial charge in [-0.25, -0.2) is 4.98 Å². The van der Waals surface area contributed by atoms with Crippen LogP contribution in [-0.4, -0.2) is 16.5 Å². The summed E-state index contributed by atoms with van der Waals surface area (Å²) in [4.78, 5) is 7.31. The summed E-state index contributed by atoms with van der Waals surface area (Å²) in [7, 11) is 0. The molecule has 1 unspecified atom stereocenters. The molecule has 0 aromatic carbocycles. The second-order valence-electron chi connectivity index (χ2n) is 2.70. The van der Waals surface area contributed by atoms with E-state index in [0.29, 0.717) is 6.04 Å². The molecule has 1 heterocycles. The normalized spacial score (nSPS) is 13.4. The minimum Gasteiger partial charge on any atom is -0.345 e. The third-order valence-corrected chi connectivity index (χ3v) is 1.70. The van der Waals surface area contributed by atoms with Gasteiger partial charge in [0, 0.05) is 12.2 Å². The molecule has 0 radical (unpaired) electrons. The molecule has 0 aliphatic carbocycles. The van der Waals surface area contributed by atoms with Crippen molar-refractivity contribution in [1.82, 2.24) is 15.3 Å². The predicted octanol–water partition coefficient (Wildman–Crippen LogP) is 1.39. The molecule has 1 aromatic heterocycles. The first kappa shape index (κ1) is 8.27. The van der Waals surface area contributed by atoms with Gasteiger partial charge in [-0.05, 0) is 20.4 Å². The minimum atomic E-state index is 0.376. The van der Waals surface area contributed by atoms with Crippen LogP contribution < -0.4 is 5.32 Å². The molecule has 0 fully saturated rings. The van der Waals surface area contributed by atoms with E-state index >= 15 is 0 Å². The van der Waals surface area contributed by atoms with Gasteiger partial charge in [0.2, 0.25) is 0 Å². The average molecular weight is 153 g/mol. The number of H-pyrrole nitrogens is 1. The Labute approximate surface area is 67.2 Å². The molecule has 0 bridgehead atoms. The summed E-state index contributed by atoms with van der Waals surface area (Å²) < 4.78 is 0. The fourth-order valence-electron chi connectivity index (χ4n) is 1.08. The van der Waals surface area contributed by atoms with E-state index in [4.69, 9.17) is 0 Å². The van der Waals surface area contributed by atoms with Crippen LogP contribution >= 0.6 is 0 Å². The van der Waals surface area contributed by atoms with Gasteiger partial charge >= 0.3 is 0 Å². The summed E-state index contributed by atoms with van der Waals surface area (Å²) in [5, 5.41) is 3.30.